The molecule has 2 unspecified atom stereocenters. The number of hydrogen-bond acceptors (Lipinski definition) is 2. The van der Waals surface area contributed by atoms with Crippen molar-refractivity contribution in [3.8, 4) is 5.75 Å². The molecule has 2 aliphatic rings. The standard InChI is InChI=1S/C13H14ClNO2/c14-11-6-9(2-4-12(11)16)13(17)15-7-8-1-3-10(15)5-8/h2,4,6,8,10,16H,1,3,5,7H2. The van der Waals surface area contributed by atoms with Crippen molar-refractivity contribution in [3.05, 3.63) is 28.8 Å². The molecule has 2 fully saturated rings. The Morgan fingerprint density at radius 2 is 2.24 bits per heavy atom. The number of nitrogens with zero attached hydrogens (tertiary/aromatic N) is 1. The molecule has 2 bridgehead atoms. The van der Waals surface area contributed by atoms with Gasteiger partial charge in [0.15, 0.2) is 0 Å². The van der Waals surface area contributed by atoms with Crippen molar-refractivity contribution in [3.63, 3.8) is 0 Å². The summed E-state index contributed by atoms with van der Waals surface area (Å²) in [6, 6.07) is 5.07. The van der Waals surface area contributed by atoms with Crippen LogP contribution in [0.1, 0.15) is 29.6 Å². The van der Waals surface area contributed by atoms with E-state index in [0.29, 0.717) is 17.5 Å². The van der Waals surface area contributed by atoms with E-state index >= 15 is 0 Å². The van der Waals surface area contributed by atoms with Crippen LogP contribution in [0.15, 0.2) is 18.2 Å². The van der Waals surface area contributed by atoms with Gasteiger partial charge in [-0.15, -0.1) is 0 Å². The van der Waals surface area contributed by atoms with Crippen molar-refractivity contribution in [2.45, 2.75) is 25.3 Å². The first-order valence-electron chi connectivity index (χ1n) is 5.94. The largest absolute Gasteiger partial charge is 0.506 e. The van der Waals surface area contributed by atoms with Crippen LogP contribution in [-0.2, 0) is 0 Å². The Morgan fingerprint density at radius 3 is 2.82 bits per heavy atom. The number of phenols is 1. The first-order valence-corrected chi connectivity index (χ1v) is 6.32. The summed E-state index contributed by atoms with van der Waals surface area (Å²) in [6.07, 6.45) is 3.53. The number of fused-ring (bicyclic) bond motifs is 2. The molecular formula is C13H14ClNO2. The molecule has 4 heteroatoms. The van der Waals surface area contributed by atoms with E-state index in [1.54, 1.807) is 12.1 Å². The van der Waals surface area contributed by atoms with Gasteiger partial charge in [-0.2, -0.15) is 0 Å². The van der Waals surface area contributed by atoms with Crippen molar-refractivity contribution in [2.75, 3.05) is 6.54 Å². The molecule has 0 spiro atoms. The number of carbonyl (C=O) groups excluding carboxylic acids is 1. The van der Waals surface area contributed by atoms with Gasteiger partial charge in [0.05, 0.1) is 5.02 Å². The fourth-order valence-electron chi connectivity index (χ4n) is 2.98. The van der Waals surface area contributed by atoms with Crippen LogP contribution in [0.4, 0.5) is 0 Å². The number of benzene rings is 1. The van der Waals surface area contributed by atoms with Crippen molar-refractivity contribution in [1.82, 2.24) is 4.90 Å². The Hall–Kier alpha value is -1.22. The molecule has 0 radical (unpaired) electrons. The molecule has 90 valence electrons. The molecule has 1 amide bonds. The number of carbonyl (C=O) groups is 1. The third kappa shape index (κ3) is 1.78. The highest BCUT2D eigenvalue weighted by Gasteiger charge is 2.40. The van der Waals surface area contributed by atoms with Crippen molar-refractivity contribution >= 4 is 17.5 Å². The Kier molecular flexibility index (Phi) is 2.51. The van der Waals surface area contributed by atoms with Gasteiger partial charge in [-0.05, 0) is 43.4 Å². The van der Waals surface area contributed by atoms with Crippen LogP contribution in [0, 0.1) is 5.92 Å². The normalized spacial score (nSPS) is 26.5. The predicted octanol–water partition coefficient (Wildman–Crippen LogP) is 2.67. The molecule has 3 rings (SSSR count). The topological polar surface area (TPSA) is 40.5 Å². The molecule has 1 aromatic carbocycles. The summed E-state index contributed by atoms with van der Waals surface area (Å²) in [5.41, 5.74) is 0.570. The highest BCUT2D eigenvalue weighted by Crippen LogP contribution is 2.38. The average Bonchev–Trinajstić information content (AvgIpc) is 2.93. The molecule has 1 heterocycles. The lowest BCUT2D eigenvalue weighted by Crippen LogP contribution is -2.37. The number of aromatic hydroxyl groups is 1. The summed E-state index contributed by atoms with van der Waals surface area (Å²) < 4.78 is 0. The van der Waals surface area contributed by atoms with Gasteiger partial charge >= 0.3 is 0 Å². The third-order valence-corrected chi connectivity index (χ3v) is 4.17. The summed E-state index contributed by atoms with van der Waals surface area (Å²) >= 11 is 5.82. The number of rotatable bonds is 1. The van der Waals surface area contributed by atoms with Gasteiger partial charge in [0.1, 0.15) is 5.75 Å². The van der Waals surface area contributed by atoms with Crippen molar-refractivity contribution in [1.29, 1.82) is 0 Å². The number of piperidine rings is 1. The van der Waals surface area contributed by atoms with Crippen LogP contribution >= 0.6 is 11.6 Å². The van der Waals surface area contributed by atoms with Crippen molar-refractivity contribution < 1.29 is 9.90 Å². The molecule has 0 aromatic heterocycles. The molecular weight excluding hydrogens is 238 g/mol. The molecule has 1 saturated carbocycles. The molecule has 1 aliphatic carbocycles. The molecule has 3 nitrogen and oxygen atoms in total. The molecule has 2 atom stereocenters. The highest BCUT2D eigenvalue weighted by molar-refractivity contribution is 6.32. The number of likely N-dealkylation sites (tertiary alicyclic amines) is 1. The second-order valence-corrected chi connectivity index (χ2v) is 5.36. The van der Waals surface area contributed by atoms with Gasteiger partial charge in [0, 0.05) is 18.2 Å². The maximum atomic E-state index is 12.3. The minimum absolute atomic E-state index is 0.0196. The van der Waals surface area contributed by atoms with Gasteiger partial charge in [0.25, 0.3) is 5.91 Å². The Labute approximate surface area is 105 Å². The van der Waals surface area contributed by atoms with Gasteiger partial charge in [-0.1, -0.05) is 11.6 Å². The lowest BCUT2D eigenvalue weighted by atomic mass is 10.1. The zero-order valence-corrected chi connectivity index (χ0v) is 10.2. The Morgan fingerprint density at radius 1 is 1.41 bits per heavy atom. The van der Waals surface area contributed by atoms with Gasteiger partial charge in [-0.3, -0.25) is 4.79 Å². The highest BCUT2D eigenvalue weighted by atomic mass is 35.5. The first kappa shape index (κ1) is 10.9. The van der Waals surface area contributed by atoms with E-state index in [1.165, 1.54) is 12.5 Å². The van der Waals surface area contributed by atoms with Crippen molar-refractivity contribution in [2.24, 2.45) is 5.92 Å². The number of phenolic OH excluding ortho intramolecular Hbond substituents is 1. The summed E-state index contributed by atoms with van der Waals surface area (Å²) in [5.74, 6) is 0.752. The van der Waals surface area contributed by atoms with E-state index in [2.05, 4.69) is 0 Å². The predicted molar refractivity (Wildman–Crippen MR) is 65.3 cm³/mol. The quantitative estimate of drug-likeness (QED) is 0.834. The van der Waals surface area contributed by atoms with Crippen LogP contribution in [0.3, 0.4) is 0 Å². The Balaban J connectivity index is 1.84. The summed E-state index contributed by atoms with van der Waals surface area (Å²) in [4.78, 5) is 14.2. The molecule has 1 aliphatic heterocycles. The minimum Gasteiger partial charge on any atom is -0.506 e. The monoisotopic (exact) mass is 251 g/mol. The zero-order chi connectivity index (χ0) is 12.0. The van der Waals surface area contributed by atoms with Crippen LogP contribution < -0.4 is 0 Å². The fourth-order valence-corrected chi connectivity index (χ4v) is 3.16. The third-order valence-electron chi connectivity index (χ3n) is 3.86. The average molecular weight is 252 g/mol. The maximum absolute atomic E-state index is 12.3. The van der Waals surface area contributed by atoms with E-state index in [4.69, 9.17) is 11.6 Å². The first-order chi connectivity index (χ1) is 8.15. The lowest BCUT2D eigenvalue weighted by Gasteiger charge is -2.27. The number of amides is 1. The van der Waals surface area contributed by atoms with E-state index in [9.17, 15) is 9.90 Å². The smallest absolute Gasteiger partial charge is 0.254 e. The van der Waals surface area contributed by atoms with E-state index in [0.717, 1.165) is 19.4 Å². The second kappa shape index (κ2) is 3.91. The molecule has 1 N–H and O–H groups in total. The van der Waals surface area contributed by atoms with Crippen LogP contribution in [0.5, 0.6) is 5.75 Å². The summed E-state index contributed by atoms with van der Waals surface area (Å²) in [6.45, 7) is 0.877. The molecule has 1 aromatic rings. The van der Waals surface area contributed by atoms with Crippen LogP contribution in [-0.4, -0.2) is 28.5 Å². The summed E-state index contributed by atoms with van der Waals surface area (Å²) in [5, 5.41) is 9.58. The Bertz CT molecular complexity index is 474. The number of hydrogen-bond donors (Lipinski definition) is 1. The summed E-state index contributed by atoms with van der Waals surface area (Å²) in [7, 11) is 0. The van der Waals surface area contributed by atoms with E-state index in [-0.39, 0.29) is 16.7 Å². The van der Waals surface area contributed by atoms with Crippen LogP contribution in [0.25, 0.3) is 0 Å². The molecule has 17 heavy (non-hydrogen) atoms. The minimum atomic E-state index is 0.0196. The van der Waals surface area contributed by atoms with E-state index in [1.807, 2.05) is 4.90 Å². The fraction of sp³-hybridized carbons (Fsp3) is 0.462. The van der Waals surface area contributed by atoms with Gasteiger partial charge in [0.2, 0.25) is 0 Å². The SMILES string of the molecule is O=C(c1ccc(O)c(Cl)c1)N1CC2CCC1C2. The molecule has 1 saturated heterocycles. The lowest BCUT2D eigenvalue weighted by molar-refractivity contribution is 0.0703. The van der Waals surface area contributed by atoms with Gasteiger partial charge < -0.3 is 10.0 Å². The zero-order valence-electron chi connectivity index (χ0n) is 9.40. The van der Waals surface area contributed by atoms with Crippen LogP contribution in [0.2, 0.25) is 5.02 Å². The van der Waals surface area contributed by atoms with Gasteiger partial charge in [-0.25, -0.2) is 0 Å². The second-order valence-electron chi connectivity index (χ2n) is 4.96. The number of halogens is 1. The maximum Gasteiger partial charge on any atom is 0.254 e. The van der Waals surface area contributed by atoms with E-state index < -0.39 is 0 Å².